The maximum Gasteiger partial charge on any atom is 0.246 e. The lowest BCUT2D eigenvalue weighted by Gasteiger charge is -2.10. The highest BCUT2D eigenvalue weighted by atomic mass is 19.1. The number of H-pyrrole nitrogens is 1. The second-order valence-corrected chi connectivity index (χ2v) is 4.14. The minimum absolute atomic E-state index is 0.168. The lowest BCUT2D eigenvalue weighted by Crippen LogP contribution is -2.27. The van der Waals surface area contributed by atoms with Crippen molar-refractivity contribution in [2.75, 3.05) is 5.32 Å². The molecule has 1 amide bonds. The van der Waals surface area contributed by atoms with Crippen molar-refractivity contribution < 1.29 is 9.18 Å². The number of hydrogen-bond acceptors (Lipinski definition) is 3. The molecule has 1 unspecified atom stereocenters. The van der Waals surface area contributed by atoms with Crippen LogP contribution in [0.5, 0.6) is 0 Å². The molecular formula is C12H11FN4O. The molecule has 1 atom stereocenters. The topological polar surface area (TPSA) is 69.8 Å². The maximum absolute atomic E-state index is 13.2. The molecule has 0 spiro atoms. The quantitative estimate of drug-likeness (QED) is 0.765. The molecule has 18 heavy (non-hydrogen) atoms. The van der Waals surface area contributed by atoms with Crippen LogP contribution < -0.4 is 10.6 Å². The van der Waals surface area contributed by atoms with Crippen LogP contribution in [0.25, 0.3) is 0 Å². The lowest BCUT2D eigenvalue weighted by molar-refractivity contribution is -0.117. The Kier molecular flexibility index (Phi) is 2.56. The van der Waals surface area contributed by atoms with Crippen molar-refractivity contribution in [2.24, 2.45) is 0 Å². The van der Waals surface area contributed by atoms with Gasteiger partial charge in [-0.1, -0.05) is 0 Å². The first kappa shape index (κ1) is 10.9. The fourth-order valence-corrected chi connectivity index (χ4v) is 2.03. The molecule has 5 nitrogen and oxygen atoms in total. The Balaban J connectivity index is 1.80. The van der Waals surface area contributed by atoms with E-state index < -0.39 is 6.04 Å². The molecule has 2 heterocycles. The van der Waals surface area contributed by atoms with Gasteiger partial charge in [0.25, 0.3) is 0 Å². The Morgan fingerprint density at radius 2 is 2.33 bits per heavy atom. The number of halogens is 1. The zero-order chi connectivity index (χ0) is 12.5. The fourth-order valence-electron chi connectivity index (χ4n) is 2.03. The maximum atomic E-state index is 13.2. The van der Waals surface area contributed by atoms with Gasteiger partial charge in [-0.3, -0.25) is 15.2 Å². The molecule has 0 radical (unpaired) electrons. The van der Waals surface area contributed by atoms with E-state index in [-0.39, 0.29) is 11.7 Å². The Morgan fingerprint density at radius 3 is 3.11 bits per heavy atom. The van der Waals surface area contributed by atoms with Crippen LogP contribution >= 0.6 is 0 Å². The van der Waals surface area contributed by atoms with Gasteiger partial charge in [0.05, 0.1) is 6.20 Å². The lowest BCUT2D eigenvalue weighted by atomic mass is 10.1. The minimum atomic E-state index is -0.523. The van der Waals surface area contributed by atoms with Crippen molar-refractivity contribution in [1.29, 1.82) is 0 Å². The molecular weight excluding hydrogens is 235 g/mol. The van der Waals surface area contributed by atoms with Crippen LogP contribution in [0.4, 0.5) is 10.1 Å². The number of nitrogens with one attached hydrogen (secondary N) is 3. The summed E-state index contributed by atoms with van der Waals surface area (Å²) in [5.74, 6) is -0.514. The SMILES string of the molecule is O=C1Nc2ccc(F)cc2C1NCc1cn[nH]c1. The van der Waals surface area contributed by atoms with E-state index in [1.807, 2.05) is 0 Å². The number of amides is 1. The smallest absolute Gasteiger partial charge is 0.246 e. The molecule has 6 heteroatoms. The number of aromatic nitrogens is 2. The standard InChI is InChI=1S/C12H11FN4O/c13-8-1-2-10-9(3-8)11(12(18)17-10)14-4-7-5-15-16-6-7/h1-3,5-6,11,14H,4H2,(H,15,16)(H,17,18). The largest absolute Gasteiger partial charge is 0.324 e. The van der Waals surface area contributed by atoms with E-state index in [9.17, 15) is 9.18 Å². The van der Waals surface area contributed by atoms with E-state index in [0.29, 0.717) is 17.8 Å². The predicted molar refractivity (Wildman–Crippen MR) is 63.2 cm³/mol. The highest BCUT2D eigenvalue weighted by molar-refractivity contribution is 6.02. The molecule has 1 aromatic carbocycles. The molecule has 0 saturated carbocycles. The molecule has 92 valence electrons. The number of carbonyl (C=O) groups excluding carboxylic acids is 1. The zero-order valence-electron chi connectivity index (χ0n) is 9.40. The second kappa shape index (κ2) is 4.23. The van der Waals surface area contributed by atoms with Crippen molar-refractivity contribution >= 4 is 11.6 Å². The molecule has 1 aliphatic heterocycles. The summed E-state index contributed by atoms with van der Waals surface area (Å²) in [5, 5.41) is 12.3. The van der Waals surface area contributed by atoms with Gasteiger partial charge in [-0.05, 0) is 18.2 Å². The van der Waals surface area contributed by atoms with Crippen molar-refractivity contribution in [3.63, 3.8) is 0 Å². The van der Waals surface area contributed by atoms with Gasteiger partial charge in [0.15, 0.2) is 0 Å². The molecule has 0 aliphatic carbocycles. The van der Waals surface area contributed by atoms with Crippen LogP contribution in [-0.2, 0) is 11.3 Å². The average molecular weight is 246 g/mol. The van der Waals surface area contributed by atoms with E-state index in [0.717, 1.165) is 5.56 Å². The van der Waals surface area contributed by atoms with Crippen molar-refractivity contribution in [1.82, 2.24) is 15.5 Å². The van der Waals surface area contributed by atoms with Crippen LogP contribution in [0.15, 0.2) is 30.6 Å². The first-order chi connectivity index (χ1) is 8.74. The van der Waals surface area contributed by atoms with Crippen LogP contribution in [0.1, 0.15) is 17.2 Å². The molecule has 0 fully saturated rings. The minimum Gasteiger partial charge on any atom is -0.324 e. The van der Waals surface area contributed by atoms with Gasteiger partial charge in [-0.25, -0.2) is 4.39 Å². The number of fused-ring (bicyclic) bond motifs is 1. The fraction of sp³-hybridized carbons (Fsp3) is 0.167. The number of benzene rings is 1. The van der Waals surface area contributed by atoms with Crippen molar-refractivity contribution in [3.8, 4) is 0 Å². The van der Waals surface area contributed by atoms with Gasteiger partial charge in [0.1, 0.15) is 11.9 Å². The second-order valence-electron chi connectivity index (χ2n) is 4.14. The van der Waals surface area contributed by atoms with Gasteiger partial charge >= 0.3 is 0 Å². The summed E-state index contributed by atoms with van der Waals surface area (Å²) < 4.78 is 13.2. The molecule has 0 bridgehead atoms. The third-order valence-corrected chi connectivity index (χ3v) is 2.91. The molecule has 1 aliphatic rings. The number of rotatable bonds is 3. The third kappa shape index (κ3) is 1.86. The van der Waals surface area contributed by atoms with Gasteiger partial charge in [-0.2, -0.15) is 5.10 Å². The zero-order valence-corrected chi connectivity index (χ0v) is 9.40. The van der Waals surface area contributed by atoms with Gasteiger partial charge in [0.2, 0.25) is 5.91 Å². The summed E-state index contributed by atoms with van der Waals surface area (Å²) in [6, 6.07) is 3.76. The molecule has 3 rings (SSSR count). The Morgan fingerprint density at radius 1 is 1.44 bits per heavy atom. The van der Waals surface area contributed by atoms with Crippen LogP contribution in [0, 0.1) is 5.82 Å². The molecule has 3 N–H and O–H groups in total. The van der Waals surface area contributed by atoms with Crippen LogP contribution in [-0.4, -0.2) is 16.1 Å². The summed E-state index contributed by atoms with van der Waals surface area (Å²) >= 11 is 0. The Labute approximate surface area is 102 Å². The first-order valence-corrected chi connectivity index (χ1v) is 5.55. The number of carbonyl (C=O) groups is 1. The number of hydrogen-bond donors (Lipinski definition) is 3. The van der Waals surface area contributed by atoms with Gasteiger partial charge in [0, 0.05) is 29.6 Å². The molecule has 2 aromatic rings. The Hall–Kier alpha value is -2.21. The van der Waals surface area contributed by atoms with E-state index in [2.05, 4.69) is 20.8 Å². The number of anilines is 1. The van der Waals surface area contributed by atoms with Gasteiger partial charge < -0.3 is 5.32 Å². The van der Waals surface area contributed by atoms with E-state index in [1.165, 1.54) is 12.1 Å². The van der Waals surface area contributed by atoms with Crippen LogP contribution in [0.2, 0.25) is 0 Å². The van der Waals surface area contributed by atoms with Crippen LogP contribution in [0.3, 0.4) is 0 Å². The summed E-state index contributed by atoms with van der Waals surface area (Å²) in [7, 11) is 0. The number of aromatic amines is 1. The van der Waals surface area contributed by atoms with Gasteiger partial charge in [-0.15, -0.1) is 0 Å². The summed E-state index contributed by atoms with van der Waals surface area (Å²) in [6.45, 7) is 0.491. The van der Waals surface area contributed by atoms with E-state index >= 15 is 0 Å². The Bertz CT molecular complexity index is 582. The molecule has 1 aromatic heterocycles. The molecule has 0 saturated heterocycles. The monoisotopic (exact) mass is 246 g/mol. The van der Waals surface area contributed by atoms with Crippen molar-refractivity contribution in [2.45, 2.75) is 12.6 Å². The highest BCUT2D eigenvalue weighted by Gasteiger charge is 2.30. The predicted octanol–water partition coefficient (Wildman–Crippen LogP) is 1.33. The normalized spacial score (nSPS) is 17.6. The first-order valence-electron chi connectivity index (χ1n) is 5.55. The third-order valence-electron chi connectivity index (χ3n) is 2.91. The number of nitrogens with zero attached hydrogens (tertiary/aromatic N) is 1. The summed E-state index contributed by atoms with van der Waals surface area (Å²) in [4.78, 5) is 11.8. The van der Waals surface area contributed by atoms with E-state index in [1.54, 1.807) is 18.5 Å². The highest BCUT2D eigenvalue weighted by Crippen LogP contribution is 2.31. The summed E-state index contributed by atoms with van der Waals surface area (Å²) in [5.41, 5.74) is 2.24. The average Bonchev–Trinajstić information content (AvgIpc) is 2.94. The summed E-state index contributed by atoms with van der Waals surface area (Å²) in [6.07, 6.45) is 3.42. The van der Waals surface area contributed by atoms with Crippen molar-refractivity contribution in [3.05, 3.63) is 47.5 Å². The van der Waals surface area contributed by atoms with E-state index in [4.69, 9.17) is 0 Å².